The number of hydrogen-bond acceptors (Lipinski definition) is 5. The van der Waals surface area contributed by atoms with Gasteiger partial charge in [0.05, 0.1) is 11.2 Å². The van der Waals surface area contributed by atoms with E-state index >= 15 is 0 Å². The zero-order valence-corrected chi connectivity index (χ0v) is 14.1. The molecule has 1 aromatic rings. The molecule has 1 saturated heterocycles. The topological polar surface area (TPSA) is 76.4 Å². The number of carbonyl (C=O) groups is 1. The van der Waals surface area contributed by atoms with E-state index in [9.17, 15) is 15.3 Å². The number of nitriles is 1. The summed E-state index contributed by atoms with van der Waals surface area (Å²) in [5.41, 5.74) is 0.0736. The Hall–Kier alpha value is -2.16. The molecule has 2 rings (SSSR count). The summed E-state index contributed by atoms with van der Waals surface area (Å²) in [7, 11) is 0. The first-order valence-corrected chi connectivity index (χ1v) is 7.69. The second-order valence-corrected chi connectivity index (χ2v) is 6.83. The predicted molar refractivity (Wildman–Crippen MR) is 87.3 cm³/mol. The van der Waals surface area contributed by atoms with Gasteiger partial charge in [-0.2, -0.15) is 10.3 Å². The maximum atomic E-state index is 12.5. The van der Waals surface area contributed by atoms with Crippen LogP contribution in [0.15, 0.2) is 41.6 Å². The third-order valence-electron chi connectivity index (χ3n) is 4.23. The molecule has 0 spiro atoms. The predicted octanol–water partition coefficient (Wildman–Crippen LogP) is 2.78. The van der Waals surface area contributed by atoms with E-state index in [-0.39, 0.29) is 17.8 Å². The second kappa shape index (κ2) is 6.15. The molecular formula is C18H23N3O2. The average molecular weight is 313 g/mol. The van der Waals surface area contributed by atoms with Gasteiger partial charge in [-0.1, -0.05) is 30.3 Å². The SMILES string of the molecule is CC1(C)NC(=C(C#N)C(=O)CCc2ccccc2)C(C)(C)N1O. The van der Waals surface area contributed by atoms with Crippen molar-refractivity contribution in [2.75, 3.05) is 0 Å². The van der Waals surface area contributed by atoms with Crippen molar-refractivity contribution in [1.29, 1.82) is 5.26 Å². The molecule has 122 valence electrons. The number of nitrogens with zero attached hydrogens (tertiary/aromatic N) is 2. The van der Waals surface area contributed by atoms with Crippen molar-refractivity contribution in [2.45, 2.75) is 51.7 Å². The quantitative estimate of drug-likeness (QED) is 0.660. The van der Waals surface area contributed by atoms with Gasteiger partial charge in [0, 0.05) is 6.42 Å². The molecule has 1 aliphatic rings. The van der Waals surface area contributed by atoms with Crippen LogP contribution in [0, 0.1) is 11.3 Å². The van der Waals surface area contributed by atoms with Crippen LogP contribution in [0.25, 0.3) is 0 Å². The summed E-state index contributed by atoms with van der Waals surface area (Å²) >= 11 is 0. The first kappa shape index (κ1) is 17.2. The number of Topliss-reactive ketones (excluding diaryl/α,β-unsaturated/α-hetero) is 1. The Morgan fingerprint density at radius 2 is 1.87 bits per heavy atom. The molecule has 0 bridgehead atoms. The first-order valence-electron chi connectivity index (χ1n) is 7.69. The lowest BCUT2D eigenvalue weighted by atomic mass is 9.94. The minimum Gasteiger partial charge on any atom is -0.366 e. The lowest BCUT2D eigenvalue weighted by Gasteiger charge is -2.32. The fourth-order valence-corrected chi connectivity index (χ4v) is 2.97. The molecular weight excluding hydrogens is 290 g/mol. The lowest BCUT2D eigenvalue weighted by Crippen LogP contribution is -2.48. The molecule has 1 aliphatic heterocycles. The van der Waals surface area contributed by atoms with Crippen molar-refractivity contribution >= 4 is 5.78 Å². The summed E-state index contributed by atoms with van der Waals surface area (Å²) in [4.78, 5) is 12.5. The third-order valence-corrected chi connectivity index (χ3v) is 4.23. The van der Waals surface area contributed by atoms with E-state index in [0.29, 0.717) is 12.1 Å². The van der Waals surface area contributed by atoms with Gasteiger partial charge >= 0.3 is 0 Å². The molecule has 0 aliphatic carbocycles. The fourth-order valence-electron chi connectivity index (χ4n) is 2.97. The van der Waals surface area contributed by atoms with Gasteiger partial charge in [0.15, 0.2) is 5.78 Å². The van der Waals surface area contributed by atoms with Crippen molar-refractivity contribution in [1.82, 2.24) is 10.4 Å². The highest BCUT2D eigenvalue weighted by atomic mass is 16.5. The standard InChI is InChI=1S/C18H23N3O2/c1-17(2)16(20-18(3,4)21(17)23)14(12-19)15(22)11-10-13-8-6-5-7-9-13/h5-9,20,23H,10-11H2,1-4H3. The first-order chi connectivity index (χ1) is 10.7. The third kappa shape index (κ3) is 3.29. The van der Waals surface area contributed by atoms with Crippen molar-refractivity contribution in [2.24, 2.45) is 0 Å². The van der Waals surface area contributed by atoms with Crippen LogP contribution in [0.2, 0.25) is 0 Å². The Morgan fingerprint density at radius 3 is 2.35 bits per heavy atom. The highest BCUT2D eigenvalue weighted by Gasteiger charge is 2.49. The molecule has 23 heavy (non-hydrogen) atoms. The van der Waals surface area contributed by atoms with Gasteiger partial charge in [0.1, 0.15) is 17.3 Å². The highest BCUT2D eigenvalue weighted by molar-refractivity contribution is 6.00. The van der Waals surface area contributed by atoms with Crippen molar-refractivity contribution in [3.05, 3.63) is 47.2 Å². The molecule has 2 N–H and O–H groups in total. The Labute approximate surface area is 137 Å². The maximum absolute atomic E-state index is 12.5. The molecule has 0 unspecified atom stereocenters. The Bertz CT molecular complexity index is 669. The smallest absolute Gasteiger partial charge is 0.175 e. The van der Waals surface area contributed by atoms with E-state index in [1.54, 1.807) is 27.7 Å². The molecule has 0 amide bonds. The van der Waals surface area contributed by atoms with Crippen LogP contribution in [0.4, 0.5) is 0 Å². The second-order valence-electron chi connectivity index (χ2n) is 6.83. The fraction of sp³-hybridized carbons (Fsp3) is 0.444. The number of allylic oxidation sites excluding steroid dienone is 1. The largest absolute Gasteiger partial charge is 0.366 e. The molecule has 0 atom stereocenters. The van der Waals surface area contributed by atoms with Crippen molar-refractivity contribution in [3.8, 4) is 6.07 Å². The minimum absolute atomic E-state index is 0.0931. The molecule has 1 heterocycles. The van der Waals surface area contributed by atoms with Crippen LogP contribution in [0.5, 0.6) is 0 Å². The zero-order chi connectivity index (χ0) is 17.3. The Balaban J connectivity index is 2.25. The van der Waals surface area contributed by atoms with Crippen LogP contribution in [-0.4, -0.2) is 27.3 Å². The summed E-state index contributed by atoms with van der Waals surface area (Å²) < 4.78 is 0. The number of benzene rings is 1. The summed E-state index contributed by atoms with van der Waals surface area (Å²) in [6, 6.07) is 11.7. The van der Waals surface area contributed by atoms with Crippen molar-refractivity contribution < 1.29 is 10.0 Å². The number of hydrogen-bond donors (Lipinski definition) is 2. The minimum atomic E-state index is -0.822. The van der Waals surface area contributed by atoms with E-state index < -0.39 is 11.2 Å². The van der Waals surface area contributed by atoms with E-state index in [1.165, 1.54) is 0 Å². The number of ketones is 1. The van der Waals surface area contributed by atoms with Gasteiger partial charge < -0.3 is 10.5 Å². The number of nitrogens with one attached hydrogen (secondary N) is 1. The number of hydroxylamine groups is 2. The van der Waals surface area contributed by atoms with Gasteiger partial charge in [0.25, 0.3) is 0 Å². The van der Waals surface area contributed by atoms with E-state index in [2.05, 4.69) is 5.32 Å². The van der Waals surface area contributed by atoms with Gasteiger partial charge in [-0.3, -0.25) is 4.79 Å². The number of carbonyl (C=O) groups excluding carboxylic acids is 1. The highest BCUT2D eigenvalue weighted by Crippen LogP contribution is 2.36. The Kier molecular flexibility index (Phi) is 4.60. The van der Waals surface area contributed by atoms with Crippen LogP contribution in [-0.2, 0) is 11.2 Å². The molecule has 5 nitrogen and oxygen atoms in total. The molecule has 0 radical (unpaired) electrons. The van der Waals surface area contributed by atoms with Crippen LogP contribution in [0.3, 0.4) is 0 Å². The van der Waals surface area contributed by atoms with Crippen molar-refractivity contribution in [3.63, 3.8) is 0 Å². The molecule has 5 heteroatoms. The molecule has 0 aromatic heterocycles. The average Bonchev–Trinajstić information content (AvgIpc) is 2.67. The van der Waals surface area contributed by atoms with Gasteiger partial charge in [-0.05, 0) is 39.7 Å². The summed E-state index contributed by atoms with van der Waals surface area (Å²) in [6.45, 7) is 7.16. The van der Waals surface area contributed by atoms with Crippen LogP contribution >= 0.6 is 0 Å². The maximum Gasteiger partial charge on any atom is 0.175 e. The van der Waals surface area contributed by atoms with E-state index in [4.69, 9.17) is 0 Å². The Morgan fingerprint density at radius 1 is 1.26 bits per heavy atom. The van der Waals surface area contributed by atoms with Crippen LogP contribution in [0.1, 0.15) is 39.7 Å². The van der Waals surface area contributed by atoms with Gasteiger partial charge in [-0.25, -0.2) is 0 Å². The zero-order valence-electron chi connectivity index (χ0n) is 14.1. The number of aryl methyl sites for hydroxylation is 1. The molecule has 1 aromatic carbocycles. The van der Waals surface area contributed by atoms with E-state index in [0.717, 1.165) is 10.6 Å². The van der Waals surface area contributed by atoms with Crippen LogP contribution < -0.4 is 5.32 Å². The lowest BCUT2D eigenvalue weighted by molar-refractivity contribution is -0.191. The molecule has 0 saturated carbocycles. The number of rotatable bonds is 4. The van der Waals surface area contributed by atoms with Gasteiger partial charge in [-0.15, -0.1) is 0 Å². The monoisotopic (exact) mass is 313 g/mol. The summed E-state index contributed by atoms with van der Waals surface area (Å²) in [5.74, 6) is -0.210. The molecule has 1 fully saturated rings. The van der Waals surface area contributed by atoms with E-state index in [1.807, 2.05) is 36.4 Å². The van der Waals surface area contributed by atoms with Gasteiger partial charge in [0.2, 0.25) is 0 Å². The normalized spacial score (nSPS) is 21.4. The summed E-state index contributed by atoms with van der Waals surface area (Å²) in [6.07, 6.45) is 0.852. The summed E-state index contributed by atoms with van der Waals surface area (Å²) in [5, 5.41) is 24.0.